The molecular weight excluding hydrogens is 516 g/mol. The molecule has 0 radical (unpaired) electrons. The van der Waals surface area contributed by atoms with Gasteiger partial charge in [-0.1, -0.05) is 0 Å². The van der Waals surface area contributed by atoms with Gasteiger partial charge in [0, 0.05) is 27.7 Å². The first-order valence-corrected chi connectivity index (χ1v) is 11.8. The summed E-state index contributed by atoms with van der Waals surface area (Å²) in [7, 11) is 0. The van der Waals surface area contributed by atoms with Crippen LogP contribution >= 0.6 is 0 Å². The zero-order valence-electron chi connectivity index (χ0n) is 22.2. The van der Waals surface area contributed by atoms with Crippen LogP contribution in [0.5, 0.6) is 0 Å². The van der Waals surface area contributed by atoms with Gasteiger partial charge in [0.15, 0.2) is 29.8 Å². The highest BCUT2D eigenvalue weighted by Gasteiger charge is 2.39. The first-order chi connectivity index (χ1) is 18.3. The molecule has 0 bridgehead atoms. The number of rotatable bonds is 9. The van der Waals surface area contributed by atoms with E-state index < -0.39 is 60.0 Å². The van der Waals surface area contributed by atoms with Crippen molar-refractivity contribution in [1.29, 1.82) is 0 Å². The zero-order chi connectivity index (χ0) is 29.0. The summed E-state index contributed by atoms with van der Waals surface area (Å²) in [6.07, 6.45) is -4.22. The Hall–Kier alpha value is -4.62. The average Bonchev–Trinajstić information content (AvgIpc) is 2.80. The van der Waals surface area contributed by atoms with Gasteiger partial charge in [-0.25, -0.2) is 9.78 Å². The number of fused-ring (bicyclic) bond motifs is 2. The minimum Gasteiger partial charge on any atom is -0.462 e. The molecule has 1 aromatic rings. The summed E-state index contributed by atoms with van der Waals surface area (Å²) in [5.41, 5.74) is 0.637. The smallest absolute Gasteiger partial charge is 0.349 e. The monoisotopic (exact) mass is 544 g/mol. The van der Waals surface area contributed by atoms with Gasteiger partial charge in [0.25, 0.3) is 5.56 Å². The molecule has 2 heterocycles. The fourth-order valence-electron chi connectivity index (χ4n) is 4.03. The summed E-state index contributed by atoms with van der Waals surface area (Å²) in [5, 5.41) is 0. The Bertz CT molecular complexity index is 1530. The molecule has 2 aliphatic heterocycles. The molecule has 14 heteroatoms. The number of benzene rings is 1. The SMILES string of the molecule is CC(=O)OC[C@@H](OC(C)=O)[C@@H](OC(C)=O)[C@H](Cn1c2nc(=O)[nH]c(=O)c-2nc2cc(C)c(C)cc21)OC(C)=O. The minimum atomic E-state index is -1.47. The summed E-state index contributed by atoms with van der Waals surface area (Å²) in [5.74, 6) is -3.20. The molecule has 1 aromatic carbocycles. The lowest BCUT2D eigenvalue weighted by atomic mass is 10.1. The van der Waals surface area contributed by atoms with E-state index >= 15 is 0 Å². The van der Waals surface area contributed by atoms with Crippen molar-refractivity contribution in [2.24, 2.45) is 0 Å². The second kappa shape index (κ2) is 11.8. The van der Waals surface area contributed by atoms with Gasteiger partial charge in [-0.15, -0.1) is 0 Å². The van der Waals surface area contributed by atoms with Gasteiger partial charge in [-0.05, 0) is 37.1 Å². The number of esters is 4. The van der Waals surface area contributed by atoms with Crippen LogP contribution < -0.4 is 11.2 Å². The van der Waals surface area contributed by atoms with Crippen molar-refractivity contribution >= 4 is 34.9 Å². The van der Waals surface area contributed by atoms with Crippen LogP contribution in [-0.4, -0.2) is 68.3 Å². The lowest BCUT2D eigenvalue weighted by Gasteiger charge is -2.32. The molecule has 208 valence electrons. The minimum absolute atomic E-state index is 0.123. The number of hydrogen-bond donors (Lipinski definition) is 1. The maximum atomic E-state index is 12.6. The Kier molecular flexibility index (Phi) is 8.78. The molecule has 0 aromatic heterocycles. The van der Waals surface area contributed by atoms with Gasteiger partial charge < -0.3 is 23.5 Å². The molecule has 0 unspecified atom stereocenters. The summed E-state index contributed by atoms with van der Waals surface area (Å²) >= 11 is 0. The lowest BCUT2D eigenvalue weighted by Crippen LogP contribution is -2.49. The van der Waals surface area contributed by atoms with Gasteiger partial charge in [0.2, 0.25) is 0 Å². The standard InChI is InChI=1S/C25H28N4O10/c1-11-7-17-18(8-12(11)2)29(23-21(26-17)24(34)28-25(35)27-23)9-19(37-14(4)31)22(39-16(6)33)20(38-15(5)32)10-36-13(3)30/h7-8,19-20,22H,9-10H2,1-6H3,(H,28,34,35)/t19-,20+,22-/m0/s1. The molecule has 3 rings (SSSR count). The molecule has 2 aliphatic rings. The Labute approximate surface area is 221 Å². The second-order valence-electron chi connectivity index (χ2n) is 8.86. The number of aryl methyl sites for hydroxylation is 2. The van der Waals surface area contributed by atoms with Crippen molar-refractivity contribution in [3.8, 4) is 11.5 Å². The van der Waals surface area contributed by atoms with E-state index in [1.807, 2.05) is 13.8 Å². The molecule has 0 spiro atoms. The number of nitrogens with zero attached hydrogens (tertiary/aromatic N) is 3. The number of aromatic amines is 1. The number of nitrogens with one attached hydrogen (secondary N) is 1. The molecule has 0 fully saturated rings. The summed E-state index contributed by atoms with van der Waals surface area (Å²) < 4.78 is 22.7. The number of ether oxygens (including phenoxy) is 4. The fourth-order valence-corrected chi connectivity index (χ4v) is 4.03. The van der Waals surface area contributed by atoms with E-state index in [0.717, 1.165) is 38.8 Å². The first kappa shape index (κ1) is 28.9. The Morgan fingerprint density at radius 3 is 2.03 bits per heavy atom. The van der Waals surface area contributed by atoms with Crippen molar-refractivity contribution in [3.63, 3.8) is 0 Å². The van der Waals surface area contributed by atoms with Crippen LogP contribution in [-0.2, 0) is 44.7 Å². The topological polar surface area (TPSA) is 186 Å². The van der Waals surface area contributed by atoms with Crippen LogP contribution in [0.2, 0.25) is 0 Å². The quantitative estimate of drug-likeness (QED) is 0.224. The van der Waals surface area contributed by atoms with Crippen molar-refractivity contribution in [2.75, 3.05) is 6.61 Å². The van der Waals surface area contributed by atoms with Crippen LogP contribution in [0.25, 0.3) is 22.6 Å². The van der Waals surface area contributed by atoms with Crippen molar-refractivity contribution in [2.45, 2.75) is 66.4 Å². The van der Waals surface area contributed by atoms with Gasteiger partial charge in [-0.3, -0.25) is 29.0 Å². The third kappa shape index (κ3) is 7.03. The Morgan fingerprint density at radius 2 is 1.44 bits per heavy atom. The Balaban J connectivity index is 2.28. The summed E-state index contributed by atoms with van der Waals surface area (Å²) in [6.45, 7) is 7.29. The van der Waals surface area contributed by atoms with E-state index in [4.69, 9.17) is 18.9 Å². The van der Waals surface area contributed by atoms with Crippen molar-refractivity contribution < 1.29 is 38.1 Å². The maximum absolute atomic E-state index is 12.6. The second-order valence-corrected chi connectivity index (χ2v) is 8.86. The Morgan fingerprint density at radius 1 is 0.846 bits per heavy atom. The molecule has 0 aliphatic carbocycles. The molecule has 0 amide bonds. The van der Waals surface area contributed by atoms with E-state index in [9.17, 15) is 28.8 Å². The molecular formula is C25H28N4O10. The molecule has 1 N–H and O–H groups in total. The number of H-pyrrole nitrogens is 1. The molecule has 0 saturated heterocycles. The van der Waals surface area contributed by atoms with Gasteiger partial charge in [-0.2, -0.15) is 4.98 Å². The van der Waals surface area contributed by atoms with E-state index in [0.29, 0.717) is 11.0 Å². The number of carbonyl (C=O) groups excluding carboxylic acids is 4. The predicted molar refractivity (Wildman–Crippen MR) is 134 cm³/mol. The van der Waals surface area contributed by atoms with Crippen LogP contribution in [0.1, 0.15) is 38.8 Å². The fraction of sp³-hybridized carbons (Fsp3) is 0.440. The third-order valence-corrected chi connectivity index (χ3v) is 5.71. The number of hydrogen-bond acceptors (Lipinski definition) is 12. The van der Waals surface area contributed by atoms with Crippen LogP contribution in [0, 0.1) is 13.8 Å². The molecule has 14 nitrogen and oxygen atoms in total. The van der Waals surface area contributed by atoms with E-state index in [1.165, 1.54) is 4.57 Å². The van der Waals surface area contributed by atoms with Crippen LogP contribution in [0.3, 0.4) is 0 Å². The highest BCUT2D eigenvalue weighted by Crippen LogP contribution is 2.26. The van der Waals surface area contributed by atoms with Crippen molar-refractivity contribution in [3.05, 3.63) is 44.1 Å². The highest BCUT2D eigenvalue weighted by molar-refractivity contribution is 5.81. The lowest BCUT2D eigenvalue weighted by molar-refractivity contribution is -0.190. The van der Waals surface area contributed by atoms with Gasteiger partial charge >= 0.3 is 29.6 Å². The van der Waals surface area contributed by atoms with E-state index in [2.05, 4.69) is 15.0 Å². The van der Waals surface area contributed by atoms with Crippen LogP contribution in [0.15, 0.2) is 21.7 Å². The molecule has 0 saturated carbocycles. The van der Waals surface area contributed by atoms with Gasteiger partial charge in [0.05, 0.1) is 17.6 Å². The predicted octanol–water partition coefficient (Wildman–Crippen LogP) is 0.560. The third-order valence-electron chi connectivity index (χ3n) is 5.71. The number of aromatic nitrogens is 4. The summed E-state index contributed by atoms with van der Waals surface area (Å²) in [6, 6.07) is 3.48. The maximum Gasteiger partial charge on any atom is 0.349 e. The molecule has 3 atom stereocenters. The number of carbonyl (C=O) groups is 4. The van der Waals surface area contributed by atoms with E-state index in [1.54, 1.807) is 12.1 Å². The van der Waals surface area contributed by atoms with Crippen molar-refractivity contribution in [1.82, 2.24) is 19.5 Å². The average molecular weight is 545 g/mol. The first-order valence-electron chi connectivity index (χ1n) is 11.8. The largest absolute Gasteiger partial charge is 0.462 e. The van der Waals surface area contributed by atoms with Crippen LogP contribution in [0.4, 0.5) is 0 Å². The summed E-state index contributed by atoms with van der Waals surface area (Å²) in [4.78, 5) is 82.8. The van der Waals surface area contributed by atoms with Gasteiger partial charge in [0.1, 0.15) is 6.61 Å². The normalized spacial score (nSPS) is 13.4. The van der Waals surface area contributed by atoms with E-state index in [-0.39, 0.29) is 18.1 Å². The zero-order valence-corrected chi connectivity index (χ0v) is 22.2. The highest BCUT2D eigenvalue weighted by atomic mass is 16.6. The molecule has 39 heavy (non-hydrogen) atoms.